The Balaban J connectivity index is 2.34. The van der Waals surface area contributed by atoms with Crippen LogP contribution >= 0.6 is 0 Å². The van der Waals surface area contributed by atoms with Crippen molar-refractivity contribution in [3.63, 3.8) is 0 Å². The molecule has 0 saturated carbocycles. The van der Waals surface area contributed by atoms with Gasteiger partial charge in [-0.2, -0.15) is 0 Å². The van der Waals surface area contributed by atoms with Gasteiger partial charge in [0.25, 0.3) is 0 Å². The molecule has 0 aliphatic carbocycles. The van der Waals surface area contributed by atoms with Crippen molar-refractivity contribution in [1.82, 2.24) is 0 Å². The van der Waals surface area contributed by atoms with E-state index in [0.717, 1.165) is 51.7 Å². The smallest absolute Gasteiger partial charge is 0.0701 e. The van der Waals surface area contributed by atoms with Crippen LogP contribution < -0.4 is 0 Å². The van der Waals surface area contributed by atoms with Gasteiger partial charge in [-0.05, 0) is 95.7 Å². The lowest BCUT2D eigenvalue weighted by atomic mass is 9.73. The minimum Gasteiger partial charge on any atom is -0.379 e. The predicted octanol–water partition coefficient (Wildman–Crippen LogP) is 9.39. The second-order valence-electron chi connectivity index (χ2n) is 21.3. The normalized spacial score (nSPS) is 29.9. The summed E-state index contributed by atoms with van der Waals surface area (Å²) >= 11 is 0. The monoisotopic (exact) mass is 787 g/mol. The summed E-state index contributed by atoms with van der Waals surface area (Å²) in [5, 5.41) is 0. The fraction of sp³-hybridized carbons (Fsp3) is 1.00. The van der Waals surface area contributed by atoms with Crippen LogP contribution in [-0.2, 0) is 42.6 Å². The standard InChI is InChI=1S/C46H90O9/c1-43(2,3)29-39-25-37-27-41(45(7,8)9)35-54-23-17-49-18-24-55-36-42(46(10,11)12)28-38(32-51-20-14-47-13-19-50-31-37)26-40(30-44(4,5)6)34-53-22-16-48-15-21-52-33-39/h37-42H,13-36H2,1-12H3. The van der Waals surface area contributed by atoms with Crippen LogP contribution in [0.1, 0.15) is 122 Å². The van der Waals surface area contributed by atoms with Gasteiger partial charge in [0.15, 0.2) is 0 Å². The van der Waals surface area contributed by atoms with Gasteiger partial charge in [-0.25, -0.2) is 0 Å². The molecule has 2 aliphatic heterocycles. The maximum absolute atomic E-state index is 6.39. The van der Waals surface area contributed by atoms with Crippen molar-refractivity contribution in [3.05, 3.63) is 0 Å². The van der Waals surface area contributed by atoms with Crippen molar-refractivity contribution in [2.75, 3.05) is 119 Å². The van der Waals surface area contributed by atoms with Gasteiger partial charge < -0.3 is 42.6 Å². The molecule has 0 aromatic rings. The number of rotatable bonds is 2. The Morgan fingerprint density at radius 2 is 0.564 bits per heavy atom. The third kappa shape index (κ3) is 26.4. The van der Waals surface area contributed by atoms with E-state index in [0.29, 0.717) is 141 Å². The SMILES string of the molecule is CC(C)(C)CC1COCCOCCOCC(CC(C)(C)C)CC2COCCOCCOCC(C1)CC(C(C)(C)C)COCCOCCOCC(C(C)(C)C)C2. The summed E-state index contributed by atoms with van der Waals surface area (Å²) in [6.07, 6.45) is 6.33. The van der Waals surface area contributed by atoms with Gasteiger partial charge in [-0.1, -0.05) is 83.1 Å². The highest BCUT2D eigenvalue weighted by atomic mass is 16.6. The zero-order chi connectivity index (χ0) is 40.8. The first kappa shape index (κ1) is 50.8. The van der Waals surface area contributed by atoms with E-state index in [1.54, 1.807) is 0 Å². The molecule has 0 amide bonds. The molecule has 328 valence electrons. The quantitative estimate of drug-likeness (QED) is 0.255. The van der Waals surface area contributed by atoms with E-state index < -0.39 is 0 Å². The van der Waals surface area contributed by atoms with Crippen molar-refractivity contribution < 1.29 is 42.6 Å². The van der Waals surface area contributed by atoms with Gasteiger partial charge in [0.2, 0.25) is 0 Å². The summed E-state index contributed by atoms with van der Waals surface area (Å²) in [5.74, 6) is 2.35. The van der Waals surface area contributed by atoms with Crippen LogP contribution in [0.5, 0.6) is 0 Å². The Morgan fingerprint density at radius 1 is 0.309 bits per heavy atom. The summed E-state index contributed by atoms with van der Waals surface area (Å²) in [6.45, 7) is 39.1. The highest BCUT2D eigenvalue weighted by molar-refractivity contribution is 4.82. The largest absolute Gasteiger partial charge is 0.379 e. The van der Waals surface area contributed by atoms with Gasteiger partial charge in [0, 0.05) is 26.4 Å². The highest BCUT2D eigenvalue weighted by Gasteiger charge is 2.32. The Morgan fingerprint density at radius 3 is 0.836 bits per heavy atom. The van der Waals surface area contributed by atoms with E-state index in [1.807, 2.05) is 0 Å². The maximum Gasteiger partial charge on any atom is 0.0701 e. The minimum absolute atomic E-state index is 0.0920. The van der Waals surface area contributed by atoms with Crippen molar-refractivity contribution in [3.8, 4) is 0 Å². The van der Waals surface area contributed by atoms with Gasteiger partial charge in [0.1, 0.15) is 0 Å². The van der Waals surface area contributed by atoms with Crippen molar-refractivity contribution in [2.24, 2.45) is 57.2 Å². The molecule has 2 fully saturated rings. The molecule has 2 heterocycles. The Hall–Kier alpha value is -0.360. The van der Waals surface area contributed by atoms with E-state index in [4.69, 9.17) is 42.6 Å². The Bertz CT molecular complexity index is 860. The average Bonchev–Trinajstić information content (AvgIpc) is 3.04. The molecule has 0 spiro atoms. The molecule has 0 radical (unpaired) electrons. The minimum atomic E-state index is 0.0920. The first-order valence-electron chi connectivity index (χ1n) is 22.0. The molecule has 55 heavy (non-hydrogen) atoms. The van der Waals surface area contributed by atoms with E-state index in [2.05, 4.69) is 83.1 Å². The fourth-order valence-electron chi connectivity index (χ4n) is 8.17. The molecule has 2 bridgehead atoms. The summed E-state index contributed by atoms with van der Waals surface area (Å²) in [5.41, 5.74) is 0.575. The second-order valence-corrected chi connectivity index (χ2v) is 21.3. The summed E-state index contributed by atoms with van der Waals surface area (Å²) in [7, 11) is 0. The van der Waals surface area contributed by atoms with Crippen LogP contribution in [0.25, 0.3) is 0 Å². The Labute approximate surface area is 339 Å². The van der Waals surface area contributed by atoms with Crippen LogP contribution in [0.2, 0.25) is 0 Å². The molecule has 0 aromatic carbocycles. The number of hydrogen-bond acceptors (Lipinski definition) is 9. The molecule has 6 atom stereocenters. The molecule has 2 rings (SSSR count). The van der Waals surface area contributed by atoms with Crippen molar-refractivity contribution in [1.29, 1.82) is 0 Å². The topological polar surface area (TPSA) is 83.1 Å². The zero-order valence-corrected chi connectivity index (χ0v) is 38.1. The fourth-order valence-corrected chi connectivity index (χ4v) is 8.17. The van der Waals surface area contributed by atoms with Crippen LogP contribution in [0.3, 0.4) is 0 Å². The predicted molar refractivity (Wildman–Crippen MR) is 224 cm³/mol. The number of fused-ring (bicyclic) bond motifs is 10. The molecule has 0 aromatic heterocycles. The molecule has 2 aliphatic rings. The van der Waals surface area contributed by atoms with Gasteiger partial charge in [0.05, 0.1) is 92.5 Å². The number of hydrogen-bond donors (Lipinski definition) is 0. The van der Waals surface area contributed by atoms with Gasteiger partial charge in [-0.15, -0.1) is 0 Å². The third-order valence-corrected chi connectivity index (χ3v) is 11.1. The van der Waals surface area contributed by atoms with Crippen LogP contribution in [0.4, 0.5) is 0 Å². The lowest BCUT2D eigenvalue weighted by Crippen LogP contribution is -2.32. The van der Waals surface area contributed by atoms with Crippen molar-refractivity contribution in [2.45, 2.75) is 122 Å². The summed E-state index contributed by atoms with van der Waals surface area (Å²) < 4.78 is 56.1. The highest BCUT2D eigenvalue weighted by Crippen LogP contribution is 2.38. The molecule has 2 saturated heterocycles. The van der Waals surface area contributed by atoms with Crippen LogP contribution in [0, 0.1) is 57.2 Å². The lowest BCUT2D eigenvalue weighted by Gasteiger charge is -2.36. The molecule has 0 N–H and O–H groups in total. The van der Waals surface area contributed by atoms with E-state index in [1.165, 1.54) is 0 Å². The van der Waals surface area contributed by atoms with E-state index in [-0.39, 0.29) is 21.7 Å². The molecular formula is C46H90O9. The second kappa shape index (κ2) is 26.7. The van der Waals surface area contributed by atoms with E-state index >= 15 is 0 Å². The summed E-state index contributed by atoms with van der Waals surface area (Å²) in [6, 6.07) is 0. The van der Waals surface area contributed by atoms with E-state index in [9.17, 15) is 0 Å². The zero-order valence-electron chi connectivity index (χ0n) is 38.1. The first-order chi connectivity index (χ1) is 25.8. The van der Waals surface area contributed by atoms with Crippen LogP contribution in [-0.4, -0.2) is 119 Å². The first-order valence-corrected chi connectivity index (χ1v) is 22.0. The van der Waals surface area contributed by atoms with Crippen LogP contribution in [0.15, 0.2) is 0 Å². The lowest BCUT2D eigenvalue weighted by molar-refractivity contribution is -0.0387. The molecule has 9 heteroatoms. The molecule has 9 nitrogen and oxygen atoms in total. The third-order valence-electron chi connectivity index (χ3n) is 11.1. The summed E-state index contributed by atoms with van der Waals surface area (Å²) in [4.78, 5) is 0. The van der Waals surface area contributed by atoms with Gasteiger partial charge >= 0.3 is 0 Å². The van der Waals surface area contributed by atoms with Crippen molar-refractivity contribution >= 4 is 0 Å². The van der Waals surface area contributed by atoms with Gasteiger partial charge in [-0.3, -0.25) is 0 Å². The average molecular weight is 787 g/mol. The number of ether oxygens (including phenoxy) is 9. The molecule has 6 unspecified atom stereocenters. The Kier molecular flexibility index (Phi) is 24.6. The molecular weight excluding hydrogens is 696 g/mol. The maximum atomic E-state index is 6.39.